The number of nitrogen functional groups attached to an aromatic ring is 1. The molecular formula is C11H16BrN3O3S. The summed E-state index contributed by atoms with van der Waals surface area (Å²) in [6.45, 7) is 3.28. The van der Waals surface area contributed by atoms with E-state index in [1.807, 2.05) is 0 Å². The van der Waals surface area contributed by atoms with Crippen LogP contribution in [0.4, 0.5) is 5.69 Å². The fraction of sp³-hybridized carbons (Fsp3) is 0.364. The Morgan fingerprint density at radius 1 is 1.42 bits per heavy atom. The van der Waals surface area contributed by atoms with E-state index in [-0.39, 0.29) is 23.4 Å². The molecule has 106 valence electrons. The Balaban J connectivity index is 2.79. The van der Waals surface area contributed by atoms with Crippen molar-refractivity contribution < 1.29 is 13.2 Å². The second-order valence-corrected chi connectivity index (χ2v) is 6.83. The fourth-order valence-electron chi connectivity index (χ4n) is 1.35. The highest BCUT2D eigenvalue weighted by molar-refractivity contribution is 9.10. The molecule has 0 saturated carbocycles. The molecule has 0 bridgehead atoms. The van der Waals surface area contributed by atoms with E-state index in [1.165, 1.54) is 18.2 Å². The van der Waals surface area contributed by atoms with Crippen molar-refractivity contribution >= 4 is 37.5 Å². The summed E-state index contributed by atoms with van der Waals surface area (Å²) >= 11 is 3.13. The summed E-state index contributed by atoms with van der Waals surface area (Å²) in [5.41, 5.74) is 5.99. The van der Waals surface area contributed by atoms with Crippen molar-refractivity contribution in [3.63, 3.8) is 0 Å². The standard InChI is InChI=1S/C11H16BrN3O3S/c1-7(2)15-11(16)6-14-19(17,18)10-4-3-8(13)5-9(10)12/h3-5,7,14H,6,13H2,1-2H3,(H,15,16). The Kier molecular flexibility index (Phi) is 5.33. The molecule has 0 aliphatic rings. The Labute approximate surface area is 120 Å². The third-order valence-electron chi connectivity index (χ3n) is 2.12. The molecule has 0 radical (unpaired) electrons. The number of carbonyl (C=O) groups excluding carboxylic acids is 1. The van der Waals surface area contributed by atoms with Gasteiger partial charge in [-0.2, -0.15) is 0 Å². The molecule has 0 aliphatic heterocycles. The molecule has 4 N–H and O–H groups in total. The molecule has 0 heterocycles. The molecule has 8 heteroatoms. The topological polar surface area (TPSA) is 101 Å². The average molecular weight is 350 g/mol. The van der Waals surface area contributed by atoms with Gasteiger partial charge in [0.2, 0.25) is 15.9 Å². The Morgan fingerprint density at radius 3 is 2.58 bits per heavy atom. The van der Waals surface area contributed by atoms with Crippen molar-refractivity contribution in [1.29, 1.82) is 0 Å². The highest BCUT2D eigenvalue weighted by atomic mass is 79.9. The summed E-state index contributed by atoms with van der Waals surface area (Å²) in [7, 11) is -3.75. The van der Waals surface area contributed by atoms with Gasteiger partial charge >= 0.3 is 0 Å². The van der Waals surface area contributed by atoms with E-state index in [2.05, 4.69) is 26.0 Å². The quantitative estimate of drug-likeness (QED) is 0.685. The number of nitrogens with two attached hydrogens (primary N) is 1. The molecule has 0 fully saturated rings. The molecule has 0 aliphatic carbocycles. The van der Waals surface area contributed by atoms with Crippen LogP contribution in [0, 0.1) is 0 Å². The van der Waals surface area contributed by atoms with Crippen molar-refractivity contribution in [2.75, 3.05) is 12.3 Å². The van der Waals surface area contributed by atoms with Crippen LogP contribution in [0.15, 0.2) is 27.6 Å². The maximum atomic E-state index is 12.0. The van der Waals surface area contributed by atoms with Gasteiger partial charge in [-0.3, -0.25) is 4.79 Å². The summed E-state index contributed by atoms with van der Waals surface area (Å²) in [5.74, 6) is -0.384. The van der Waals surface area contributed by atoms with Crippen LogP contribution < -0.4 is 15.8 Å². The van der Waals surface area contributed by atoms with E-state index < -0.39 is 10.0 Å². The van der Waals surface area contributed by atoms with Crippen LogP contribution in [0.2, 0.25) is 0 Å². The number of hydrogen-bond donors (Lipinski definition) is 3. The summed E-state index contributed by atoms with van der Waals surface area (Å²) in [6.07, 6.45) is 0. The lowest BCUT2D eigenvalue weighted by atomic mass is 10.3. The first-order valence-corrected chi connectivity index (χ1v) is 7.84. The first kappa shape index (κ1) is 15.9. The van der Waals surface area contributed by atoms with E-state index >= 15 is 0 Å². The van der Waals surface area contributed by atoms with Crippen LogP contribution >= 0.6 is 15.9 Å². The van der Waals surface area contributed by atoms with Gasteiger partial charge in [0.1, 0.15) is 0 Å². The van der Waals surface area contributed by atoms with Crippen LogP contribution in [-0.4, -0.2) is 26.9 Å². The highest BCUT2D eigenvalue weighted by Crippen LogP contribution is 2.23. The lowest BCUT2D eigenvalue weighted by Gasteiger charge is -2.11. The minimum absolute atomic E-state index is 0.0408. The molecule has 0 unspecified atom stereocenters. The second-order valence-electron chi connectivity index (χ2n) is 4.24. The summed E-state index contributed by atoms with van der Waals surface area (Å²) in [4.78, 5) is 11.4. The number of nitrogens with one attached hydrogen (secondary N) is 2. The number of amides is 1. The van der Waals surface area contributed by atoms with E-state index in [0.717, 1.165) is 0 Å². The Morgan fingerprint density at radius 2 is 2.05 bits per heavy atom. The summed E-state index contributed by atoms with van der Waals surface area (Å²) in [6, 6.07) is 4.30. The van der Waals surface area contributed by atoms with Crippen LogP contribution in [0.25, 0.3) is 0 Å². The number of anilines is 1. The van der Waals surface area contributed by atoms with Crippen molar-refractivity contribution in [2.45, 2.75) is 24.8 Å². The van der Waals surface area contributed by atoms with E-state index in [1.54, 1.807) is 13.8 Å². The molecule has 0 aromatic heterocycles. The van der Waals surface area contributed by atoms with E-state index in [0.29, 0.717) is 10.2 Å². The normalized spacial score (nSPS) is 11.6. The van der Waals surface area contributed by atoms with Gasteiger partial charge in [0, 0.05) is 16.2 Å². The van der Waals surface area contributed by atoms with Crippen molar-refractivity contribution in [2.24, 2.45) is 0 Å². The van der Waals surface area contributed by atoms with Crippen LogP contribution in [-0.2, 0) is 14.8 Å². The first-order valence-electron chi connectivity index (χ1n) is 5.56. The summed E-state index contributed by atoms with van der Waals surface area (Å²) in [5, 5.41) is 2.59. The molecule has 0 saturated heterocycles. The molecule has 1 aromatic rings. The SMILES string of the molecule is CC(C)NC(=O)CNS(=O)(=O)c1ccc(N)cc1Br. The van der Waals surface area contributed by atoms with E-state index in [9.17, 15) is 13.2 Å². The fourth-order valence-corrected chi connectivity index (χ4v) is 3.42. The van der Waals surface area contributed by atoms with Crippen LogP contribution in [0.3, 0.4) is 0 Å². The maximum absolute atomic E-state index is 12.0. The van der Waals surface area contributed by atoms with Gasteiger partial charge in [0.25, 0.3) is 0 Å². The Bertz CT molecular complexity index is 573. The first-order chi connectivity index (χ1) is 8.72. The molecule has 1 amide bonds. The minimum Gasteiger partial charge on any atom is -0.399 e. The third-order valence-corrected chi connectivity index (χ3v) is 4.50. The van der Waals surface area contributed by atoms with Crippen LogP contribution in [0.1, 0.15) is 13.8 Å². The van der Waals surface area contributed by atoms with Gasteiger partial charge < -0.3 is 11.1 Å². The summed E-state index contributed by atoms with van der Waals surface area (Å²) < 4.78 is 26.6. The smallest absolute Gasteiger partial charge is 0.242 e. The number of sulfonamides is 1. The van der Waals surface area contributed by atoms with Gasteiger partial charge in [0.15, 0.2) is 0 Å². The molecule has 19 heavy (non-hydrogen) atoms. The van der Waals surface area contributed by atoms with E-state index in [4.69, 9.17) is 5.73 Å². The predicted octanol–water partition coefficient (Wildman–Crippen LogP) is 0.834. The molecule has 1 rings (SSSR count). The second kappa shape index (κ2) is 6.36. The molecule has 0 atom stereocenters. The minimum atomic E-state index is -3.75. The Hall–Kier alpha value is -1.12. The number of halogens is 1. The lowest BCUT2D eigenvalue weighted by molar-refractivity contribution is -0.120. The zero-order chi connectivity index (χ0) is 14.6. The number of benzene rings is 1. The monoisotopic (exact) mass is 349 g/mol. The van der Waals surface area contributed by atoms with Gasteiger partial charge in [-0.25, -0.2) is 13.1 Å². The van der Waals surface area contributed by atoms with Crippen molar-refractivity contribution in [1.82, 2.24) is 10.0 Å². The molecular weight excluding hydrogens is 334 g/mol. The van der Waals surface area contributed by atoms with Crippen molar-refractivity contribution in [3.05, 3.63) is 22.7 Å². The van der Waals surface area contributed by atoms with Crippen LogP contribution in [0.5, 0.6) is 0 Å². The average Bonchev–Trinajstić information content (AvgIpc) is 2.25. The lowest BCUT2D eigenvalue weighted by Crippen LogP contribution is -2.39. The largest absolute Gasteiger partial charge is 0.399 e. The van der Waals surface area contributed by atoms with Gasteiger partial charge in [-0.05, 0) is 48.0 Å². The van der Waals surface area contributed by atoms with Gasteiger partial charge in [0.05, 0.1) is 11.4 Å². The predicted molar refractivity (Wildman–Crippen MR) is 77.0 cm³/mol. The zero-order valence-electron chi connectivity index (χ0n) is 10.6. The zero-order valence-corrected chi connectivity index (χ0v) is 13.0. The molecule has 6 nitrogen and oxygen atoms in total. The number of hydrogen-bond acceptors (Lipinski definition) is 4. The molecule has 0 spiro atoms. The van der Waals surface area contributed by atoms with Gasteiger partial charge in [-0.15, -0.1) is 0 Å². The maximum Gasteiger partial charge on any atom is 0.242 e. The number of carbonyl (C=O) groups is 1. The highest BCUT2D eigenvalue weighted by Gasteiger charge is 2.18. The van der Waals surface area contributed by atoms with Gasteiger partial charge in [-0.1, -0.05) is 0 Å². The third kappa shape index (κ3) is 4.81. The van der Waals surface area contributed by atoms with Crippen molar-refractivity contribution in [3.8, 4) is 0 Å². The number of rotatable bonds is 5. The molecule has 1 aromatic carbocycles.